The molecule has 0 bridgehead atoms. The zero-order valence-corrected chi connectivity index (χ0v) is 18.0. The highest BCUT2D eigenvalue weighted by molar-refractivity contribution is 5.89. The van der Waals surface area contributed by atoms with Crippen LogP contribution < -0.4 is 20.9 Å². The molecule has 1 aliphatic rings. The first-order chi connectivity index (χ1) is 14.8. The van der Waals surface area contributed by atoms with E-state index in [1.54, 1.807) is 7.05 Å². The van der Waals surface area contributed by atoms with Crippen LogP contribution >= 0.6 is 0 Å². The molecule has 0 atom stereocenters. The van der Waals surface area contributed by atoms with Gasteiger partial charge in [0.05, 0.1) is 19.3 Å². The van der Waals surface area contributed by atoms with E-state index in [4.69, 9.17) is 4.74 Å². The number of piperazine rings is 1. The summed E-state index contributed by atoms with van der Waals surface area (Å²) in [6.45, 7) is 4.09. The third-order valence-corrected chi connectivity index (χ3v) is 5.43. The number of esters is 1. The first-order valence-corrected chi connectivity index (χ1v) is 10.1. The van der Waals surface area contributed by atoms with Gasteiger partial charge in [-0.15, -0.1) is 0 Å². The summed E-state index contributed by atoms with van der Waals surface area (Å²) >= 11 is 0. The maximum absolute atomic E-state index is 14.1. The molecule has 1 aliphatic heterocycles. The summed E-state index contributed by atoms with van der Waals surface area (Å²) in [5.74, 6) is -0.470. The topological polar surface area (TPSA) is 86.0 Å². The third-order valence-electron chi connectivity index (χ3n) is 5.43. The molecule has 0 aliphatic carbocycles. The van der Waals surface area contributed by atoms with Gasteiger partial charge in [0.1, 0.15) is 5.82 Å². The van der Waals surface area contributed by atoms with Crippen molar-refractivity contribution in [2.75, 3.05) is 51.3 Å². The fraction of sp³-hybridized carbons (Fsp3) is 0.476. The zero-order chi connectivity index (χ0) is 22.5. The Morgan fingerprint density at radius 1 is 1.06 bits per heavy atom. The van der Waals surface area contributed by atoms with Crippen LogP contribution in [0.15, 0.2) is 33.9 Å². The smallest absolute Gasteiger partial charge is 0.337 e. The van der Waals surface area contributed by atoms with Crippen molar-refractivity contribution in [2.45, 2.75) is 6.42 Å². The Morgan fingerprint density at radius 2 is 1.77 bits per heavy atom. The molecule has 1 aromatic carbocycles. The molecule has 0 amide bonds. The fourth-order valence-corrected chi connectivity index (χ4v) is 3.56. The number of benzene rings is 1. The molecule has 1 saturated heterocycles. The van der Waals surface area contributed by atoms with Gasteiger partial charge in [-0.25, -0.2) is 14.0 Å². The van der Waals surface area contributed by atoms with E-state index in [2.05, 4.69) is 9.64 Å². The molecule has 2 aromatic rings. The van der Waals surface area contributed by atoms with E-state index in [1.807, 2.05) is 4.90 Å². The summed E-state index contributed by atoms with van der Waals surface area (Å²) in [6, 6.07) is 5.48. The molecule has 0 unspecified atom stereocenters. The maximum Gasteiger partial charge on any atom is 0.337 e. The van der Waals surface area contributed by atoms with Crippen molar-refractivity contribution in [3.05, 3.63) is 56.5 Å². The summed E-state index contributed by atoms with van der Waals surface area (Å²) < 4.78 is 26.7. The Morgan fingerprint density at radius 3 is 2.42 bits per heavy atom. The number of carbonyl (C=O) groups excluding carboxylic acids is 1. The van der Waals surface area contributed by atoms with E-state index >= 15 is 0 Å². The van der Waals surface area contributed by atoms with Gasteiger partial charge in [0.2, 0.25) is 0 Å². The number of hydrogen-bond donors (Lipinski definition) is 0. The Hall–Kier alpha value is -3.14. The lowest BCUT2D eigenvalue weighted by molar-refractivity contribution is 0.0600. The van der Waals surface area contributed by atoms with Crippen LogP contribution in [0.1, 0.15) is 16.8 Å². The molecule has 3 rings (SSSR count). The van der Waals surface area contributed by atoms with Gasteiger partial charge in [-0.2, -0.15) is 0 Å². The average Bonchev–Trinajstić information content (AvgIpc) is 2.78. The lowest BCUT2D eigenvalue weighted by Gasteiger charge is -2.36. The minimum Gasteiger partial charge on any atom is -0.490 e. The van der Waals surface area contributed by atoms with Gasteiger partial charge in [0.15, 0.2) is 11.6 Å². The summed E-state index contributed by atoms with van der Waals surface area (Å²) in [5, 5.41) is 0. The van der Waals surface area contributed by atoms with Gasteiger partial charge in [-0.1, -0.05) is 0 Å². The fourth-order valence-electron chi connectivity index (χ4n) is 3.56. The highest BCUT2D eigenvalue weighted by Gasteiger charge is 2.20. The number of nitrogens with zero attached hydrogens (tertiary/aromatic N) is 4. The second kappa shape index (κ2) is 9.78. The highest BCUT2D eigenvalue weighted by Crippen LogP contribution is 2.19. The average molecular weight is 434 g/mol. The number of hydrogen-bond acceptors (Lipinski definition) is 7. The Balaban J connectivity index is 1.46. The van der Waals surface area contributed by atoms with E-state index in [0.717, 1.165) is 30.3 Å². The van der Waals surface area contributed by atoms with Gasteiger partial charge >= 0.3 is 11.7 Å². The Kier molecular flexibility index (Phi) is 7.11. The monoisotopic (exact) mass is 434 g/mol. The zero-order valence-electron chi connectivity index (χ0n) is 18.0. The molecule has 0 spiro atoms. The number of rotatable bonds is 7. The maximum atomic E-state index is 14.1. The van der Waals surface area contributed by atoms with E-state index in [-0.39, 0.29) is 22.6 Å². The summed E-state index contributed by atoms with van der Waals surface area (Å²) in [6.07, 6.45) is 0.711. The number of ether oxygens (including phenoxy) is 2. The van der Waals surface area contributed by atoms with Crippen molar-refractivity contribution in [3.63, 3.8) is 0 Å². The largest absolute Gasteiger partial charge is 0.490 e. The lowest BCUT2D eigenvalue weighted by Crippen LogP contribution is -2.49. The molecule has 2 heterocycles. The van der Waals surface area contributed by atoms with E-state index in [0.29, 0.717) is 31.9 Å². The van der Waals surface area contributed by atoms with Gasteiger partial charge < -0.3 is 14.4 Å². The summed E-state index contributed by atoms with van der Waals surface area (Å²) in [4.78, 5) is 39.8. The molecule has 0 radical (unpaired) electrons. The second-order valence-corrected chi connectivity index (χ2v) is 7.41. The van der Waals surface area contributed by atoms with Crippen LogP contribution in [0.3, 0.4) is 0 Å². The first-order valence-electron chi connectivity index (χ1n) is 10.1. The van der Waals surface area contributed by atoms with Gasteiger partial charge in [-0.05, 0) is 24.6 Å². The van der Waals surface area contributed by atoms with Crippen LogP contribution in [-0.4, -0.2) is 66.4 Å². The molecule has 9 nitrogen and oxygen atoms in total. The minimum absolute atomic E-state index is 0.101. The van der Waals surface area contributed by atoms with Gasteiger partial charge in [0, 0.05) is 52.9 Å². The molecular formula is C21H27FN4O5. The van der Waals surface area contributed by atoms with Crippen molar-refractivity contribution >= 4 is 11.8 Å². The van der Waals surface area contributed by atoms with Crippen LogP contribution in [0.25, 0.3) is 0 Å². The molecule has 168 valence electrons. The van der Waals surface area contributed by atoms with E-state index < -0.39 is 11.8 Å². The van der Waals surface area contributed by atoms with Crippen molar-refractivity contribution in [1.82, 2.24) is 14.0 Å². The van der Waals surface area contributed by atoms with E-state index in [1.165, 1.54) is 36.9 Å². The number of anilines is 1. The normalized spacial score (nSPS) is 14.5. The van der Waals surface area contributed by atoms with Crippen LogP contribution in [0.2, 0.25) is 0 Å². The van der Waals surface area contributed by atoms with Crippen molar-refractivity contribution in [1.29, 1.82) is 0 Å². The molecule has 1 aromatic heterocycles. The Bertz CT molecular complexity index is 1060. The van der Waals surface area contributed by atoms with Gasteiger partial charge in [-0.3, -0.25) is 18.8 Å². The first kappa shape index (κ1) is 22.5. The molecule has 0 N–H and O–H groups in total. The lowest BCUT2D eigenvalue weighted by atomic mass is 10.2. The summed E-state index contributed by atoms with van der Waals surface area (Å²) in [5.41, 5.74) is -0.516. The van der Waals surface area contributed by atoms with Gasteiger partial charge in [0.25, 0.3) is 5.56 Å². The predicted octanol–water partition coefficient (Wildman–Crippen LogP) is 0.601. The summed E-state index contributed by atoms with van der Waals surface area (Å²) in [7, 11) is 4.37. The van der Waals surface area contributed by atoms with Crippen LogP contribution in [-0.2, 0) is 18.8 Å². The van der Waals surface area contributed by atoms with Crippen LogP contribution in [0, 0.1) is 5.82 Å². The highest BCUT2D eigenvalue weighted by atomic mass is 19.1. The van der Waals surface area contributed by atoms with Crippen molar-refractivity contribution in [2.24, 2.45) is 14.1 Å². The standard InChI is InChI=1S/C21H27FN4O5/c1-23-18(14-19(27)24(2)21(23)29)26-10-8-25(9-11-26)7-4-12-31-17-6-5-15(13-16(17)22)20(28)30-3/h5-6,13-14H,4,7-12H2,1-3H3. The predicted molar refractivity (Wildman–Crippen MR) is 113 cm³/mol. The van der Waals surface area contributed by atoms with Crippen molar-refractivity contribution < 1.29 is 18.7 Å². The van der Waals surface area contributed by atoms with Crippen molar-refractivity contribution in [3.8, 4) is 5.75 Å². The van der Waals surface area contributed by atoms with E-state index in [9.17, 15) is 18.8 Å². The number of aromatic nitrogens is 2. The number of carbonyl (C=O) groups is 1. The molecule has 31 heavy (non-hydrogen) atoms. The van der Waals surface area contributed by atoms with Crippen LogP contribution in [0.4, 0.5) is 10.2 Å². The molecule has 1 fully saturated rings. The molecule has 0 saturated carbocycles. The number of halogens is 1. The quantitative estimate of drug-likeness (QED) is 0.466. The molecule has 10 heteroatoms. The number of methoxy groups -OCH3 is 1. The van der Waals surface area contributed by atoms with Crippen LogP contribution in [0.5, 0.6) is 5.75 Å². The third kappa shape index (κ3) is 5.13. The molecular weight excluding hydrogens is 407 g/mol. The SMILES string of the molecule is COC(=O)c1ccc(OCCCN2CCN(c3cc(=O)n(C)c(=O)n3C)CC2)c(F)c1. The minimum atomic E-state index is -0.601. The Labute approximate surface area is 179 Å². The second-order valence-electron chi connectivity index (χ2n) is 7.41.